The van der Waals surface area contributed by atoms with Gasteiger partial charge in [0.05, 0.1) is 9.40 Å². The SMILES string of the molecule is O=C1CCC(=O)N1C1CCC(Nc2ncc([N+](=O)[O-])cc2Br)CC1. The Morgan fingerprint density at radius 1 is 1.21 bits per heavy atom. The van der Waals surface area contributed by atoms with E-state index in [9.17, 15) is 19.7 Å². The van der Waals surface area contributed by atoms with Gasteiger partial charge < -0.3 is 5.32 Å². The van der Waals surface area contributed by atoms with E-state index < -0.39 is 4.92 Å². The van der Waals surface area contributed by atoms with Gasteiger partial charge in [-0.05, 0) is 41.6 Å². The minimum atomic E-state index is -0.489. The number of nitrogens with one attached hydrogen (secondary N) is 1. The molecular formula is C15H17BrN4O4. The molecule has 1 N–H and O–H groups in total. The number of carbonyl (C=O) groups excluding carboxylic acids is 2. The topological polar surface area (TPSA) is 105 Å². The Hall–Kier alpha value is -2.03. The van der Waals surface area contributed by atoms with Crippen molar-refractivity contribution >= 4 is 39.2 Å². The van der Waals surface area contributed by atoms with Gasteiger partial charge in [-0.15, -0.1) is 0 Å². The van der Waals surface area contributed by atoms with Gasteiger partial charge in [-0.25, -0.2) is 4.98 Å². The number of nitro groups is 1. The summed E-state index contributed by atoms with van der Waals surface area (Å²) in [5.74, 6) is 0.449. The first-order valence-corrected chi connectivity index (χ1v) is 8.66. The van der Waals surface area contributed by atoms with Crippen molar-refractivity contribution in [2.24, 2.45) is 0 Å². The van der Waals surface area contributed by atoms with E-state index in [0.29, 0.717) is 23.1 Å². The molecule has 0 aromatic carbocycles. The van der Waals surface area contributed by atoms with Crippen LogP contribution in [0, 0.1) is 10.1 Å². The Bertz CT molecular complexity index is 672. The molecule has 0 bridgehead atoms. The molecule has 9 heteroatoms. The number of hydrogen-bond donors (Lipinski definition) is 1. The van der Waals surface area contributed by atoms with Crippen LogP contribution in [0.3, 0.4) is 0 Å². The predicted octanol–water partition coefficient (Wildman–Crippen LogP) is 2.62. The number of aromatic nitrogens is 1. The highest BCUT2D eigenvalue weighted by atomic mass is 79.9. The van der Waals surface area contributed by atoms with Crippen LogP contribution in [0.2, 0.25) is 0 Å². The van der Waals surface area contributed by atoms with Gasteiger partial charge in [-0.2, -0.15) is 0 Å². The van der Waals surface area contributed by atoms with Crippen molar-refractivity contribution in [1.29, 1.82) is 0 Å². The van der Waals surface area contributed by atoms with Crippen LogP contribution in [0.15, 0.2) is 16.7 Å². The number of carbonyl (C=O) groups is 2. The van der Waals surface area contributed by atoms with Gasteiger partial charge in [-0.3, -0.25) is 24.6 Å². The average molecular weight is 397 g/mol. The van der Waals surface area contributed by atoms with E-state index in [1.165, 1.54) is 17.2 Å². The van der Waals surface area contributed by atoms with Crippen molar-refractivity contribution in [3.05, 3.63) is 26.9 Å². The van der Waals surface area contributed by atoms with E-state index in [4.69, 9.17) is 0 Å². The normalized spacial score (nSPS) is 24.3. The maximum Gasteiger partial charge on any atom is 0.288 e. The third-order valence-corrected chi connectivity index (χ3v) is 5.13. The second kappa shape index (κ2) is 6.84. The summed E-state index contributed by atoms with van der Waals surface area (Å²) in [6.45, 7) is 0. The van der Waals surface area contributed by atoms with Crippen LogP contribution < -0.4 is 5.32 Å². The van der Waals surface area contributed by atoms with Crippen molar-refractivity contribution < 1.29 is 14.5 Å². The first-order chi connectivity index (χ1) is 11.5. The molecule has 2 aliphatic rings. The van der Waals surface area contributed by atoms with Crippen molar-refractivity contribution in [3.8, 4) is 0 Å². The van der Waals surface area contributed by atoms with Crippen LogP contribution in [-0.2, 0) is 9.59 Å². The van der Waals surface area contributed by atoms with Gasteiger partial charge in [0.25, 0.3) is 5.69 Å². The van der Waals surface area contributed by atoms with E-state index >= 15 is 0 Å². The van der Waals surface area contributed by atoms with Crippen LogP contribution in [-0.4, -0.2) is 38.7 Å². The molecule has 2 fully saturated rings. The van der Waals surface area contributed by atoms with Crippen molar-refractivity contribution in [3.63, 3.8) is 0 Å². The number of hydrogen-bond acceptors (Lipinski definition) is 6. The zero-order valence-electron chi connectivity index (χ0n) is 12.9. The molecule has 1 aliphatic carbocycles. The van der Waals surface area contributed by atoms with Gasteiger partial charge in [-0.1, -0.05) is 0 Å². The number of rotatable bonds is 4. The van der Waals surface area contributed by atoms with Crippen molar-refractivity contribution in [1.82, 2.24) is 9.88 Å². The molecule has 24 heavy (non-hydrogen) atoms. The zero-order valence-corrected chi connectivity index (χ0v) is 14.5. The molecule has 8 nitrogen and oxygen atoms in total. The number of nitrogens with zero attached hydrogens (tertiary/aromatic N) is 3. The number of pyridine rings is 1. The summed E-state index contributed by atoms with van der Waals surface area (Å²) in [6.07, 6.45) is 5.03. The molecule has 2 amide bonds. The van der Waals surface area contributed by atoms with Gasteiger partial charge in [0.1, 0.15) is 12.0 Å². The Balaban J connectivity index is 1.59. The number of amides is 2. The third kappa shape index (κ3) is 3.40. The Labute approximate surface area is 146 Å². The molecule has 3 rings (SSSR count). The largest absolute Gasteiger partial charge is 0.366 e. The fourth-order valence-corrected chi connectivity index (χ4v) is 3.76. The Kier molecular flexibility index (Phi) is 4.79. The molecule has 1 aromatic heterocycles. The molecule has 1 saturated heterocycles. The first kappa shape index (κ1) is 16.8. The lowest BCUT2D eigenvalue weighted by Gasteiger charge is -2.34. The van der Waals surface area contributed by atoms with Gasteiger partial charge in [0, 0.05) is 31.0 Å². The monoisotopic (exact) mass is 396 g/mol. The number of imide groups is 1. The van der Waals surface area contributed by atoms with Crippen LogP contribution in [0.5, 0.6) is 0 Å². The molecule has 0 radical (unpaired) electrons. The van der Waals surface area contributed by atoms with E-state index in [2.05, 4.69) is 26.2 Å². The third-order valence-electron chi connectivity index (χ3n) is 4.53. The predicted molar refractivity (Wildman–Crippen MR) is 89.3 cm³/mol. The summed E-state index contributed by atoms with van der Waals surface area (Å²) in [6, 6.07) is 1.58. The van der Waals surface area contributed by atoms with E-state index in [0.717, 1.165) is 25.7 Å². The Morgan fingerprint density at radius 2 is 1.83 bits per heavy atom. The molecule has 0 atom stereocenters. The quantitative estimate of drug-likeness (QED) is 0.476. The van der Waals surface area contributed by atoms with Crippen LogP contribution in [0.4, 0.5) is 11.5 Å². The summed E-state index contributed by atoms with van der Waals surface area (Å²) in [7, 11) is 0. The maximum atomic E-state index is 11.8. The molecule has 0 spiro atoms. The average Bonchev–Trinajstić information content (AvgIpc) is 2.89. The summed E-state index contributed by atoms with van der Waals surface area (Å²) in [4.78, 5) is 39.4. The van der Waals surface area contributed by atoms with E-state index in [1.54, 1.807) is 0 Å². The zero-order chi connectivity index (χ0) is 17.3. The minimum Gasteiger partial charge on any atom is -0.366 e. The molecule has 1 aliphatic heterocycles. The van der Waals surface area contributed by atoms with Crippen LogP contribution in [0.1, 0.15) is 38.5 Å². The highest BCUT2D eigenvalue weighted by Crippen LogP contribution is 2.31. The highest BCUT2D eigenvalue weighted by Gasteiger charge is 2.36. The lowest BCUT2D eigenvalue weighted by atomic mass is 9.90. The molecule has 1 aromatic rings. The summed E-state index contributed by atoms with van der Waals surface area (Å²) >= 11 is 3.30. The lowest BCUT2D eigenvalue weighted by molar-refractivity contribution is -0.385. The summed E-state index contributed by atoms with van der Waals surface area (Å²) in [5.41, 5.74) is -0.0674. The minimum absolute atomic E-state index is 0.00110. The first-order valence-electron chi connectivity index (χ1n) is 7.87. The van der Waals surface area contributed by atoms with Gasteiger partial charge >= 0.3 is 0 Å². The highest BCUT2D eigenvalue weighted by molar-refractivity contribution is 9.10. The number of likely N-dealkylation sites (tertiary alicyclic amines) is 1. The second-order valence-corrected chi connectivity index (χ2v) is 6.94. The molecule has 128 valence electrons. The fourth-order valence-electron chi connectivity index (χ4n) is 3.31. The summed E-state index contributed by atoms with van der Waals surface area (Å²) in [5, 5.41) is 14.0. The fraction of sp³-hybridized carbons (Fsp3) is 0.533. The van der Waals surface area contributed by atoms with Gasteiger partial charge in [0.2, 0.25) is 11.8 Å². The maximum absolute atomic E-state index is 11.8. The number of halogens is 1. The van der Waals surface area contributed by atoms with Crippen molar-refractivity contribution in [2.45, 2.75) is 50.6 Å². The molecule has 2 heterocycles. The Morgan fingerprint density at radius 3 is 2.38 bits per heavy atom. The second-order valence-electron chi connectivity index (χ2n) is 6.09. The molecule has 0 unspecified atom stereocenters. The molecule has 1 saturated carbocycles. The van der Waals surface area contributed by atoms with Crippen molar-refractivity contribution in [2.75, 3.05) is 5.32 Å². The van der Waals surface area contributed by atoms with Crippen LogP contribution >= 0.6 is 15.9 Å². The van der Waals surface area contributed by atoms with E-state index in [-0.39, 0.29) is 29.6 Å². The molecular weight excluding hydrogens is 380 g/mol. The standard InChI is InChI=1S/C15H17BrN4O4/c16-12-7-11(20(23)24)8-17-15(12)18-9-1-3-10(4-2-9)19-13(21)5-6-14(19)22/h7-10H,1-6H2,(H,17,18). The van der Waals surface area contributed by atoms with Crippen LogP contribution in [0.25, 0.3) is 0 Å². The number of anilines is 1. The lowest BCUT2D eigenvalue weighted by Crippen LogP contribution is -2.43. The van der Waals surface area contributed by atoms with Gasteiger partial charge in [0.15, 0.2) is 0 Å². The van der Waals surface area contributed by atoms with E-state index in [1.807, 2.05) is 0 Å². The smallest absolute Gasteiger partial charge is 0.288 e. The summed E-state index contributed by atoms with van der Waals surface area (Å²) < 4.78 is 0.545.